The number of fused-ring (bicyclic) bond motifs is 2. The quantitative estimate of drug-likeness (QED) is 0.0108. The van der Waals surface area contributed by atoms with Gasteiger partial charge in [-0.3, -0.25) is 19.0 Å². The monoisotopic (exact) mass is 967 g/mol. The Labute approximate surface area is 401 Å². The Morgan fingerprint density at radius 3 is 2.42 bits per heavy atom. The molecule has 0 radical (unpaired) electrons. The van der Waals surface area contributed by atoms with E-state index in [9.17, 15) is 22.6 Å². The molecule has 0 atom stereocenters. The number of hydrogen-bond acceptors (Lipinski definition) is 14. The van der Waals surface area contributed by atoms with Crippen LogP contribution in [0.1, 0.15) is 116 Å². The maximum Gasteiger partial charge on any atom is 0.305 e. The fourth-order valence-corrected chi connectivity index (χ4v) is 9.83. The molecule has 368 valence electrons. The number of nitrogens with zero attached hydrogens (tertiary/aromatic N) is 5. The summed E-state index contributed by atoms with van der Waals surface area (Å²) in [6.07, 6.45) is 14.6. The van der Waals surface area contributed by atoms with Crippen LogP contribution in [0.15, 0.2) is 80.1 Å². The van der Waals surface area contributed by atoms with Crippen molar-refractivity contribution in [3.8, 4) is 0 Å². The molecule has 2 aromatic rings. The van der Waals surface area contributed by atoms with Crippen molar-refractivity contribution in [1.82, 2.24) is 10.2 Å². The van der Waals surface area contributed by atoms with E-state index in [1.54, 1.807) is 12.1 Å². The summed E-state index contributed by atoms with van der Waals surface area (Å²) in [4.78, 5) is 38.6. The number of esters is 1. The fraction of sp³-hybridized carbons (Fsp3) is 0.592. The highest BCUT2D eigenvalue weighted by Gasteiger charge is 2.45. The molecule has 0 aliphatic carbocycles. The first-order chi connectivity index (χ1) is 32.2. The normalized spacial score (nSPS) is 17.2. The van der Waals surface area contributed by atoms with Gasteiger partial charge in [-0.15, -0.1) is 4.33 Å². The molecular weight excluding hydrogens is 897 g/mol. The SMILES string of the molecule is CCN1/C(=C\C=C\C2=[N+](CCCCCC(=O)NCCCC(=O)OCCCCCCN=C=NCCCN3CCOCC3)c3ccc(SOOO)cc3C2(C)C)C(C)(C)c2cc(S(=O)(=O)O)ccc21. The summed E-state index contributed by atoms with van der Waals surface area (Å²) < 4.78 is 51.6. The lowest BCUT2D eigenvalue weighted by molar-refractivity contribution is -0.438. The number of anilines is 1. The summed E-state index contributed by atoms with van der Waals surface area (Å²) in [5.41, 5.74) is 4.99. The molecule has 16 nitrogen and oxygen atoms in total. The van der Waals surface area contributed by atoms with Crippen LogP contribution in [0, 0.1) is 0 Å². The first kappa shape index (κ1) is 53.7. The highest BCUT2D eigenvalue weighted by Crippen LogP contribution is 2.48. The van der Waals surface area contributed by atoms with Gasteiger partial charge in [-0.25, -0.2) is 15.2 Å². The second kappa shape index (κ2) is 26.5. The molecule has 1 amide bonds. The second-order valence-electron chi connectivity index (χ2n) is 18.1. The zero-order valence-corrected chi connectivity index (χ0v) is 41.6. The molecule has 3 heterocycles. The molecule has 3 aliphatic heterocycles. The standard InChI is InChI=1S/C49H70N6O10S2/c1-6-54-42-24-22-39(67(59,60)61)36-41(42)49(4,5)44(54)17-14-18-45-48(2,3)40-35-38(66-65-64-58)21-23-43(40)55(45)29-12-9-10-19-46(56)52-27-15-20-47(57)63-32-13-8-7-11-25-50-37-51-26-16-28-53-30-33-62-34-31-53/h14,17-18,21-24,35-36H,6-13,15-16,19-20,25-34H2,1-5H3,(H2-,52,56,58,59,60,61)/p+1. The summed E-state index contributed by atoms with van der Waals surface area (Å²) in [6, 6.07) is 13.5. The number of likely N-dealkylation sites (N-methyl/N-ethyl adjacent to an activating group) is 1. The highest BCUT2D eigenvalue weighted by molar-refractivity contribution is 7.94. The number of allylic oxidation sites excluding steroid dienone is 4. The van der Waals surface area contributed by atoms with Crippen LogP contribution < -0.4 is 10.2 Å². The first-order valence-corrected chi connectivity index (χ1v) is 25.9. The fourth-order valence-electron chi connectivity index (χ4n) is 8.92. The Hall–Kier alpha value is -4.23. The number of rotatable bonds is 28. The zero-order chi connectivity index (χ0) is 48.3. The summed E-state index contributed by atoms with van der Waals surface area (Å²) in [5, 5.41) is 15.6. The molecule has 1 saturated heterocycles. The molecule has 3 aliphatic rings. The number of hydrogen-bond donors (Lipinski definition) is 3. The number of carbonyl (C=O) groups is 2. The van der Waals surface area contributed by atoms with Gasteiger partial charge >= 0.3 is 5.97 Å². The van der Waals surface area contributed by atoms with Gasteiger partial charge in [0.25, 0.3) is 10.1 Å². The van der Waals surface area contributed by atoms with Crippen molar-refractivity contribution >= 4 is 57.1 Å². The summed E-state index contributed by atoms with van der Waals surface area (Å²) in [5.74, 6) is -0.275. The number of ether oxygens (including phenoxy) is 2. The molecule has 0 aromatic heterocycles. The van der Waals surface area contributed by atoms with Crippen LogP contribution >= 0.6 is 12.0 Å². The Morgan fingerprint density at radius 1 is 0.925 bits per heavy atom. The number of benzene rings is 2. The number of nitrogens with one attached hydrogen (secondary N) is 1. The van der Waals surface area contributed by atoms with E-state index in [-0.39, 0.29) is 23.2 Å². The maximum atomic E-state index is 12.7. The van der Waals surface area contributed by atoms with Crippen LogP contribution in [0.3, 0.4) is 0 Å². The third kappa shape index (κ3) is 15.6. The van der Waals surface area contributed by atoms with Crippen molar-refractivity contribution in [1.29, 1.82) is 0 Å². The molecule has 3 N–H and O–H groups in total. The third-order valence-electron chi connectivity index (χ3n) is 12.6. The number of morpholine rings is 1. The first-order valence-electron chi connectivity index (χ1n) is 23.7. The van der Waals surface area contributed by atoms with E-state index >= 15 is 0 Å². The lowest BCUT2D eigenvalue weighted by Gasteiger charge is -2.25. The van der Waals surface area contributed by atoms with Gasteiger partial charge < -0.3 is 19.7 Å². The predicted molar refractivity (Wildman–Crippen MR) is 261 cm³/mol. The Morgan fingerprint density at radius 2 is 1.67 bits per heavy atom. The zero-order valence-electron chi connectivity index (χ0n) is 40.0. The molecule has 18 heteroatoms. The van der Waals surface area contributed by atoms with E-state index in [2.05, 4.69) is 66.7 Å². The summed E-state index contributed by atoms with van der Waals surface area (Å²) in [7, 11) is -4.36. The van der Waals surface area contributed by atoms with E-state index < -0.39 is 20.9 Å². The number of aliphatic imine (C=N–C) groups is 2. The maximum absolute atomic E-state index is 12.7. The van der Waals surface area contributed by atoms with Crippen LogP contribution in [0.2, 0.25) is 0 Å². The molecule has 0 saturated carbocycles. The van der Waals surface area contributed by atoms with Gasteiger partial charge in [-0.05, 0) is 108 Å². The second-order valence-corrected chi connectivity index (χ2v) is 20.3. The van der Waals surface area contributed by atoms with E-state index in [1.807, 2.05) is 45.0 Å². The molecule has 0 unspecified atom stereocenters. The van der Waals surface area contributed by atoms with Crippen molar-refractivity contribution < 1.29 is 51.2 Å². The van der Waals surface area contributed by atoms with Crippen LogP contribution in [-0.4, -0.2) is 123 Å². The van der Waals surface area contributed by atoms with E-state index in [1.165, 1.54) is 6.07 Å². The van der Waals surface area contributed by atoms with Crippen LogP contribution in [0.4, 0.5) is 11.4 Å². The van der Waals surface area contributed by atoms with Gasteiger partial charge in [-0.1, -0.05) is 31.4 Å². The van der Waals surface area contributed by atoms with Crippen molar-refractivity contribution in [3.05, 3.63) is 71.5 Å². The van der Waals surface area contributed by atoms with Crippen molar-refractivity contribution in [2.75, 3.05) is 77.1 Å². The van der Waals surface area contributed by atoms with E-state index in [0.717, 1.165) is 148 Å². The molecule has 0 bridgehead atoms. The Kier molecular flexibility index (Phi) is 21.3. The lowest BCUT2D eigenvalue weighted by atomic mass is 9.81. The van der Waals surface area contributed by atoms with Crippen molar-refractivity contribution in [3.63, 3.8) is 0 Å². The van der Waals surface area contributed by atoms with E-state index in [0.29, 0.717) is 39.1 Å². The largest absolute Gasteiger partial charge is 0.466 e. The molecule has 2 aromatic carbocycles. The third-order valence-corrected chi connectivity index (χ3v) is 14.0. The summed E-state index contributed by atoms with van der Waals surface area (Å²) >= 11 is 0.914. The minimum Gasteiger partial charge on any atom is -0.466 e. The molecule has 1 fully saturated rings. The van der Waals surface area contributed by atoms with Crippen molar-refractivity contribution in [2.24, 2.45) is 9.98 Å². The van der Waals surface area contributed by atoms with Gasteiger partial charge in [0, 0.05) is 97.9 Å². The van der Waals surface area contributed by atoms with E-state index in [4.69, 9.17) is 19.1 Å². The van der Waals surface area contributed by atoms with Gasteiger partial charge in [0.05, 0.1) is 54.7 Å². The Balaban J connectivity index is 1.03. The summed E-state index contributed by atoms with van der Waals surface area (Å²) in [6.45, 7) is 18.8. The topological polar surface area (TPSA) is 192 Å². The van der Waals surface area contributed by atoms with Gasteiger partial charge in [0.2, 0.25) is 11.6 Å². The highest BCUT2D eigenvalue weighted by atomic mass is 32.2. The Bertz CT molecular complexity index is 2250. The smallest absolute Gasteiger partial charge is 0.305 e. The van der Waals surface area contributed by atoms with Gasteiger partial charge in [0.1, 0.15) is 6.54 Å². The minimum absolute atomic E-state index is 0.0324. The molecule has 5 rings (SSSR count). The number of unbranched alkanes of at least 4 members (excludes halogenated alkanes) is 5. The van der Waals surface area contributed by atoms with Crippen LogP contribution in [-0.2, 0) is 49.4 Å². The molecule has 67 heavy (non-hydrogen) atoms. The average Bonchev–Trinajstić information content (AvgIpc) is 3.65. The van der Waals surface area contributed by atoms with Gasteiger partial charge in [-0.2, -0.15) is 13.0 Å². The lowest BCUT2D eigenvalue weighted by Crippen LogP contribution is -2.37. The molecular formula is C49H71N6O10S2+. The minimum atomic E-state index is -4.36. The van der Waals surface area contributed by atoms with Crippen LogP contribution in [0.25, 0.3) is 0 Å². The number of amides is 1. The van der Waals surface area contributed by atoms with Gasteiger partial charge in [0.15, 0.2) is 5.71 Å². The number of carbonyl (C=O) groups excluding carboxylic acids is 2. The average molecular weight is 968 g/mol. The predicted octanol–water partition coefficient (Wildman–Crippen LogP) is 8.45. The van der Waals surface area contributed by atoms with Crippen molar-refractivity contribution in [2.45, 2.75) is 126 Å². The molecule has 0 spiro atoms. The van der Waals surface area contributed by atoms with Crippen LogP contribution in [0.5, 0.6) is 0 Å².